The van der Waals surface area contributed by atoms with E-state index in [4.69, 9.17) is 0 Å². The van der Waals surface area contributed by atoms with Gasteiger partial charge >= 0.3 is 0 Å². The van der Waals surface area contributed by atoms with Gasteiger partial charge in [-0.15, -0.1) is 0 Å². The summed E-state index contributed by atoms with van der Waals surface area (Å²) < 4.78 is 13.3. The molecule has 4 rings (SSSR count). The Morgan fingerprint density at radius 1 is 0.708 bits per heavy atom. The minimum absolute atomic E-state index is 0.237. The molecule has 0 radical (unpaired) electrons. The standard InChI is InChI=1S/C21H15FN2/c22-18-8-6-17(7-9-18)21-19(15-10-12-23-13-11-15)14-20(24-21)16-4-2-1-3-5-16/h1-14,24H. The summed E-state index contributed by atoms with van der Waals surface area (Å²) in [6.45, 7) is 0. The molecule has 2 aromatic carbocycles. The monoisotopic (exact) mass is 314 g/mol. The zero-order chi connectivity index (χ0) is 16.4. The smallest absolute Gasteiger partial charge is 0.123 e. The fourth-order valence-corrected chi connectivity index (χ4v) is 2.83. The molecule has 0 spiro atoms. The number of halogens is 1. The lowest BCUT2D eigenvalue weighted by Gasteiger charge is -2.04. The van der Waals surface area contributed by atoms with Crippen molar-refractivity contribution in [3.8, 4) is 33.6 Å². The summed E-state index contributed by atoms with van der Waals surface area (Å²) in [5.74, 6) is -0.237. The van der Waals surface area contributed by atoms with Crippen LogP contribution in [0.4, 0.5) is 4.39 Å². The van der Waals surface area contributed by atoms with E-state index in [0.29, 0.717) is 0 Å². The maximum atomic E-state index is 13.3. The first-order valence-electron chi connectivity index (χ1n) is 7.76. The van der Waals surface area contributed by atoms with Crippen molar-refractivity contribution in [2.24, 2.45) is 0 Å². The molecule has 0 saturated heterocycles. The molecule has 2 nitrogen and oxygen atoms in total. The third-order valence-electron chi connectivity index (χ3n) is 4.03. The third-order valence-corrected chi connectivity index (χ3v) is 4.03. The molecule has 4 aromatic rings. The Bertz CT molecular complexity index is 942. The molecular formula is C21H15FN2. The van der Waals surface area contributed by atoms with E-state index in [1.165, 1.54) is 12.1 Å². The molecule has 0 aliphatic heterocycles. The van der Waals surface area contributed by atoms with Gasteiger partial charge in [-0.05, 0) is 59.2 Å². The van der Waals surface area contributed by atoms with Crippen molar-refractivity contribution in [2.75, 3.05) is 0 Å². The van der Waals surface area contributed by atoms with Gasteiger partial charge in [-0.3, -0.25) is 4.98 Å². The Morgan fingerprint density at radius 3 is 2.12 bits per heavy atom. The number of aromatic nitrogens is 2. The number of pyridine rings is 1. The third kappa shape index (κ3) is 2.72. The van der Waals surface area contributed by atoms with Gasteiger partial charge in [0.05, 0.1) is 5.69 Å². The first-order valence-corrected chi connectivity index (χ1v) is 7.76. The van der Waals surface area contributed by atoms with Gasteiger partial charge in [-0.2, -0.15) is 0 Å². The normalized spacial score (nSPS) is 10.7. The second kappa shape index (κ2) is 6.13. The number of nitrogens with one attached hydrogen (secondary N) is 1. The molecule has 116 valence electrons. The van der Waals surface area contributed by atoms with Crippen LogP contribution in [0, 0.1) is 5.82 Å². The number of aromatic amines is 1. The molecule has 24 heavy (non-hydrogen) atoms. The van der Waals surface area contributed by atoms with Crippen molar-refractivity contribution in [1.82, 2.24) is 9.97 Å². The molecule has 0 aliphatic carbocycles. The van der Waals surface area contributed by atoms with Crippen molar-refractivity contribution in [1.29, 1.82) is 0 Å². The van der Waals surface area contributed by atoms with Crippen LogP contribution in [0.15, 0.2) is 85.2 Å². The summed E-state index contributed by atoms with van der Waals surface area (Å²) >= 11 is 0. The molecule has 0 bridgehead atoms. The van der Waals surface area contributed by atoms with E-state index >= 15 is 0 Å². The predicted octanol–water partition coefficient (Wildman–Crippen LogP) is 5.55. The van der Waals surface area contributed by atoms with Crippen molar-refractivity contribution >= 4 is 0 Å². The highest BCUT2D eigenvalue weighted by molar-refractivity contribution is 5.85. The van der Waals surface area contributed by atoms with E-state index < -0.39 is 0 Å². The molecule has 1 N–H and O–H groups in total. The highest BCUT2D eigenvalue weighted by Crippen LogP contribution is 2.35. The zero-order valence-electron chi connectivity index (χ0n) is 12.9. The van der Waals surface area contributed by atoms with Crippen LogP contribution in [-0.2, 0) is 0 Å². The summed E-state index contributed by atoms with van der Waals surface area (Å²) in [6.07, 6.45) is 3.55. The van der Waals surface area contributed by atoms with Gasteiger partial charge in [0.15, 0.2) is 0 Å². The first-order chi connectivity index (χ1) is 11.8. The van der Waals surface area contributed by atoms with Gasteiger partial charge < -0.3 is 4.98 Å². The molecule has 0 fully saturated rings. The number of nitrogens with zero attached hydrogens (tertiary/aromatic N) is 1. The van der Waals surface area contributed by atoms with Crippen molar-refractivity contribution < 1.29 is 4.39 Å². The molecule has 0 unspecified atom stereocenters. The summed E-state index contributed by atoms with van der Waals surface area (Å²) in [4.78, 5) is 7.58. The molecule has 0 amide bonds. The van der Waals surface area contributed by atoms with E-state index in [1.807, 2.05) is 30.3 Å². The second-order valence-corrected chi connectivity index (χ2v) is 5.58. The molecule has 0 saturated carbocycles. The van der Waals surface area contributed by atoms with Gasteiger partial charge in [-0.1, -0.05) is 30.3 Å². The average Bonchev–Trinajstić information content (AvgIpc) is 3.09. The van der Waals surface area contributed by atoms with Crippen LogP contribution in [0.3, 0.4) is 0 Å². The second-order valence-electron chi connectivity index (χ2n) is 5.58. The quantitative estimate of drug-likeness (QED) is 0.527. The van der Waals surface area contributed by atoms with Crippen LogP contribution in [0.5, 0.6) is 0 Å². The Kier molecular flexibility index (Phi) is 3.67. The topological polar surface area (TPSA) is 28.7 Å². The van der Waals surface area contributed by atoms with Crippen LogP contribution in [-0.4, -0.2) is 9.97 Å². The number of H-pyrrole nitrogens is 1. The predicted molar refractivity (Wildman–Crippen MR) is 94.9 cm³/mol. The number of rotatable bonds is 3. The van der Waals surface area contributed by atoms with Crippen LogP contribution < -0.4 is 0 Å². The van der Waals surface area contributed by atoms with Crippen molar-refractivity contribution in [2.45, 2.75) is 0 Å². The summed E-state index contributed by atoms with van der Waals surface area (Å²) in [6, 6.07) is 22.8. The first kappa shape index (κ1) is 14.4. The lowest BCUT2D eigenvalue weighted by atomic mass is 10.0. The van der Waals surface area contributed by atoms with Crippen LogP contribution in [0.25, 0.3) is 33.6 Å². The highest BCUT2D eigenvalue weighted by atomic mass is 19.1. The minimum Gasteiger partial charge on any atom is -0.354 e. The number of benzene rings is 2. The van der Waals surface area contributed by atoms with Gasteiger partial charge in [0, 0.05) is 23.7 Å². The fraction of sp³-hybridized carbons (Fsp3) is 0. The van der Waals surface area contributed by atoms with Crippen molar-refractivity contribution in [3.63, 3.8) is 0 Å². The summed E-state index contributed by atoms with van der Waals surface area (Å²) in [5.41, 5.74) is 6.21. The van der Waals surface area contributed by atoms with E-state index in [0.717, 1.165) is 33.6 Å². The van der Waals surface area contributed by atoms with Gasteiger partial charge in [0.1, 0.15) is 5.82 Å². The average molecular weight is 314 g/mol. The fourth-order valence-electron chi connectivity index (χ4n) is 2.83. The molecule has 3 heteroatoms. The van der Waals surface area contributed by atoms with Gasteiger partial charge in [0.2, 0.25) is 0 Å². The van der Waals surface area contributed by atoms with E-state index in [1.54, 1.807) is 24.5 Å². The van der Waals surface area contributed by atoms with Crippen molar-refractivity contribution in [3.05, 3.63) is 91.0 Å². The minimum atomic E-state index is -0.237. The zero-order valence-corrected chi connectivity index (χ0v) is 12.9. The van der Waals surface area contributed by atoms with Crippen LogP contribution in [0.2, 0.25) is 0 Å². The Morgan fingerprint density at radius 2 is 1.42 bits per heavy atom. The van der Waals surface area contributed by atoms with Crippen LogP contribution >= 0.6 is 0 Å². The molecule has 2 heterocycles. The van der Waals surface area contributed by atoms with E-state index in [9.17, 15) is 4.39 Å². The maximum Gasteiger partial charge on any atom is 0.123 e. The lowest BCUT2D eigenvalue weighted by Crippen LogP contribution is -1.84. The van der Waals surface area contributed by atoms with Gasteiger partial charge in [0.25, 0.3) is 0 Å². The summed E-state index contributed by atoms with van der Waals surface area (Å²) in [5, 5.41) is 0. The number of hydrogen-bond acceptors (Lipinski definition) is 1. The molecule has 0 aliphatic rings. The Hall–Kier alpha value is -3.20. The highest BCUT2D eigenvalue weighted by Gasteiger charge is 2.13. The number of hydrogen-bond donors (Lipinski definition) is 1. The van der Waals surface area contributed by atoms with E-state index in [-0.39, 0.29) is 5.82 Å². The Labute approximate surface area is 139 Å². The van der Waals surface area contributed by atoms with Gasteiger partial charge in [-0.25, -0.2) is 4.39 Å². The van der Waals surface area contributed by atoms with Crippen LogP contribution in [0.1, 0.15) is 0 Å². The Balaban J connectivity index is 1.90. The largest absolute Gasteiger partial charge is 0.354 e. The molecule has 2 aromatic heterocycles. The maximum absolute atomic E-state index is 13.3. The lowest BCUT2D eigenvalue weighted by molar-refractivity contribution is 0.628. The van der Waals surface area contributed by atoms with E-state index in [2.05, 4.69) is 28.2 Å². The SMILES string of the molecule is Fc1ccc(-c2[nH]c(-c3ccccc3)cc2-c2ccncc2)cc1. The molecular weight excluding hydrogens is 299 g/mol. The summed E-state index contributed by atoms with van der Waals surface area (Å²) in [7, 11) is 0. The molecule has 0 atom stereocenters.